The fourth-order valence-corrected chi connectivity index (χ4v) is 3.53. The van der Waals surface area contributed by atoms with Crippen LogP contribution in [-0.4, -0.2) is 46.9 Å². The number of benzene rings is 2. The Morgan fingerprint density at radius 3 is 2.54 bits per heavy atom. The molecule has 1 aliphatic heterocycles. The summed E-state index contributed by atoms with van der Waals surface area (Å²) in [5, 5.41) is 4.73. The number of Topliss-reactive ketones (excluding diaryl/α,β-unsaturated/α-hetero) is 1. The standard InChI is InChI=1S/C20H22ClN3OS/c1-15(25)17-5-3-7-19(13-17)22-20(26)24-10-8-23(9-11-24)14-16-4-2-6-18(21)12-16/h2-7,12-13H,8-11,14H2,1H3,(H,22,26). The fourth-order valence-electron chi connectivity index (χ4n) is 3.02. The van der Waals surface area contributed by atoms with E-state index in [4.69, 9.17) is 23.8 Å². The van der Waals surface area contributed by atoms with Crippen molar-refractivity contribution in [2.75, 3.05) is 31.5 Å². The van der Waals surface area contributed by atoms with Gasteiger partial charge in [0.1, 0.15) is 0 Å². The van der Waals surface area contributed by atoms with Crippen LogP contribution < -0.4 is 5.32 Å². The molecule has 0 aromatic heterocycles. The predicted molar refractivity (Wildman–Crippen MR) is 111 cm³/mol. The van der Waals surface area contributed by atoms with Gasteiger partial charge in [0.15, 0.2) is 10.9 Å². The van der Waals surface area contributed by atoms with E-state index >= 15 is 0 Å². The Hall–Kier alpha value is -1.95. The zero-order valence-electron chi connectivity index (χ0n) is 14.7. The first-order valence-corrected chi connectivity index (χ1v) is 9.43. The first kappa shape index (κ1) is 18.8. The molecule has 1 heterocycles. The Morgan fingerprint density at radius 2 is 1.85 bits per heavy atom. The third-order valence-electron chi connectivity index (χ3n) is 4.48. The van der Waals surface area contributed by atoms with Crippen LogP contribution in [-0.2, 0) is 6.54 Å². The lowest BCUT2D eigenvalue weighted by atomic mass is 10.1. The Kier molecular flexibility index (Phi) is 6.25. The van der Waals surface area contributed by atoms with E-state index in [1.807, 2.05) is 42.5 Å². The maximum atomic E-state index is 11.5. The Bertz CT molecular complexity index is 803. The van der Waals surface area contributed by atoms with Gasteiger partial charge in [0, 0.05) is 49.0 Å². The third-order valence-corrected chi connectivity index (χ3v) is 5.07. The molecule has 4 nitrogen and oxygen atoms in total. The molecule has 0 aliphatic carbocycles. The van der Waals surface area contributed by atoms with Gasteiger partial charge in [-0.2, -0.15) is 0 Å². The third kappa shape index (κ3) is 5.04. The first-order chi connectivity index (χ1) is 12.5. The number of hydrogen-bond acceptors (Lipinski definition) is 3. The molecule has 0 bridgehead atoms. The minimum Gasteiger partial charge on any atom is -0.346 e. The lowest BCUT2D eigenvalue weighted by Gasteiger charge is -2.36. The van der Waals surface area contributed by atoms with Crippen molar-refractivity contribution in [2.24, 2.45) is 0 Å². The summed E-state index contributed by atoms with van der Waals surface area (Å²) in [5.74, 6) is 0.0502. The van der Waals surface area contributed by atoms with Gasteiger partial charge in [0.25, 0.3) is 0 Å². The topological polar surface area (TPSA) is 35.6 Å². The fraction of sp³-hybridized carbons (Fsp3) is 0.300. The van der Waals surface area contributed by atoms with Gasteiger partial charge in [0.2, 0.25) is 0 Å². The number of piperazine rings is 1. The number of thiocarbonyl (C=S) groups is 1. The number of hydrogen-bond donors (Lipinski definition) is 1. The van der Waals surface area contributed by atoms with E-state index in [9.17, 15) is 4.79 Å². The van der Waals surface area contributed by atoms with Gasteiger partial charge >= 0.3 is 0 Å². The summed E-state index contributed by atoms with van der Waals surface area (Å²) in [6.45, 7) is 6.10. The summed E-state index contributed by atoms with van der Waals surface area (Å²) >= 11 is 11.6. The van der Waals surface area contributed by atoms with Crippen LogP contribution in [0.1, 0.15) is 22.8 Å². The van der Waals surface area contributed by atoms with Crippen molar-refractivity contribution in [3.63, 3.8) is 0 Å². The van der Waals surface area contributed by atoms with Crippen LogP contribution in [0.25, 0.3) is 0 Å². The maximum Gasteiger partial charge on any atom is 0.173 e. The van der Waals surface area contributed by atoms with Crippen LogP contribution in [0.4, 0.5) is 5.69 Å². The molecule has 6 heteroatoms. The molecule has 0 spiro atoms. The summed E-state index contributed by atoms with van der Waals surface area (Å²) in [7, 11) is 0. The zero-order chi connectivity index (χ0) is 18.5. The van der Waals surface area contributed by atoms with Crippen molar-refractivity contribution in [3.8, 4) is 0 Å². The lowest BCUT2D eigenvalue weighted by molar-refractivity contribution is 0.101. The van der Waals surface area contributed by atoms with E-state index in [1.165, 1.54) is 5.56 Å². The number of ketones is 1. The van der Waals surface area contributed by atoms with E-state index in [-0.39, 0.29) is 5.78 Å². The second kappa shape index (κ2) is 8.62. The maximum absolute atomic E-state index is 11.5. The normalized spacial score (nSPS) is 14.9. The number of rotatable bonds is 4. The number of halogens is 1. The number of nitrogens with one attached hydrogen (secondary N) is 1. The Morgan fingerprint density at radius 1 is 1.12 bits per heavy atom. The van der Waals surface area contributed by atoms with Crippen molar-refractivity contribution in [3.05, 3.63) is 64.7 Å². The number of carbonyl (C=O) groups is 1. The summed E-state index contributed by atoms with van der Waals surface area (Å²) in [5.41, 5.74) is 2.76. The van der Waals surface area contributed by atoms with Crippen molar-refractivity contribution >= 4 is 40.4 Å². The number of carbonyl (C=O) groups excluding carboxylic acids is 1. The van der Waals surface area contributed by atoms with E-state index < -0.39 is 0 Å². The van der Waals surface area contributed by atoms with Gasteiger partial charge in [-0.05, 0) is 49.0 Å². The van der Waals surface area contributed by atoms with Crippen molar-refractivity contribution in [1.82, 2.24) is 9.80 Å². The molecule has 1 saturated heterocycles. The smallest absolute Gasteiger partial charge is 0.173 e. The van der Waals surface area contributed by atoms with E-state index in [0.29, 0.717) is 10.7 Å². The quantitative estimate of drug-likeness (QED) is 0.632. The molecule has 0 atom stereocenters. The number of nitrogens with zero attached hydrogens (tertiary/aromatic N) is 2. The highest BCUT2D eigenvalue weighted by molar-refractivity contribution is 7.80. The molecular formula is C20H22ClN3OS. The minimum absolute atomic E-state index is 0.0502. The average molecular weight is 388 g/mol. The second-order valence-electron chi connectivity index (χ2n) is 6.46. The molecule has 136 valence electrons. The summed E-state index contributed by atoms with van der Waals surface area (Å²) in [6.07, 6.45) is 0. The minimum atomic E-state index is 0.0502. The molecule has 1 aliphatic rings. The molecule has 0 unspecified atom stereocenters. The van der Waals surface area contributed by atoms with Crippen LogP contribution in [0, 0.1) is 0 Å². The molecule has 0 saturated carbocycles. The molecule has 3 rings (SSSR count). The Balaban J connectivity index is 1.52. The molecule has 2 aromatic carbocycles. The van der Waals surface area contributed by atoms with Crippen molar-refractivity contribution < 1.29 is 4.79 Å². The first-order valence-electron chi connectivity index (χ1n) is 8.65. The highest BCUT2D eigenvalue weighted by Gasteiger charge is 2.19. The van der Waals surface area contributed by atoms with Gasteiger partial charge in [-0.3, -0.25) is 9.69 Å². The van der Waals surface area contributed by atoms with Gasteiger partial charge in [-0.1, -0.05) is 35.9 Å². The van der Waals surface area contributed by atoms with E-state index in [1.54, 1.807) is 6.92 Å². The van der Waals surface area contributed by atoms with Crippen LogP contribution >= 0.6 is 23.8 Å². The largest absolute Gasteiger partial charge is 0.346 e. The van der Waals surface area contributed by atoms with E-state index in [0.717, 1.165) is 43.4 Å². The van der Waals surface area contributed by atoms with Crippen molar-refractivity contribution in [2.45, 2.75) is 13.5 Å². The molecule has 2 aromatic rings. The van der Waals surface area contributed by atoms with Crippen LogP contribution in [0.3, 0.4) is 0 Å². The van der Waals surface area contributed by atoms with Crippen molar-refractivity contribution in [1.29, 1.82) is 0 Å². The molecule has 26 heavy (non-hydrogen) atoms. The summed E-state index contributed by atoms with van der Waals surface area (Å²) in [6, 6.07) is 15.4. The van der Waals surface area contributed by atoms with Crippen LogP contribution in [0.5, 0.6) is 0 Å². The predicted octanol–water partition coefficient (Wildman–Crippen LogP) is 4.06. The van der Waals surface area contributed by atoms with Crippen LogP contribution in [0.2, 0.25) is 5.02 Å². The molecular weight excluding hydrogens is 366 g/mol. The van der Waals surface area contributed by atoms with Gasteiger partial charge in [0.05, 0.1) is 0 Å². The van der Waals surface area contributed by atoms with Gasteiger partial charge in [-0.25, -0.2) is 0 Å². The Labute approximate surface area is 164 Å². The molecule has 1 N–H and O–H groups in total. The monoisotopic (exact) mass is 387 g/mol. The van der Waals surface area contributed by atoms with Gasteiger partial charge < -0.3 is 10.2 Å². The zero-order valence-corrected chi connectivity index (χ0v) is 16.3. The SMILES string of the molecule is CC(=O)c1cccc(NC(=S)N2CCN(Cc3cccc(Cl)c3)CC2)c1. The van der Waals surface area contributed by atoms with E-state index in [2.05, 4.69) is 21.2 Å². The highest BCUT2D eigenvalue weighted by atomic mass is 35.5. The summed E-state index contributed by atoms with van der Waals surface area (Å²) < 4.78 is 0. The summed E-state index contributed by atoms with van der Waals surface area (Å²) in [4.78, 5) is 16.1. The lowest BCUT2D eigenvalue weighted by Crippen LogP contribution is -2.49. The molecule has 1 fully saturated rings. The molecule has 0 radical (unpaired) electrons. The number of anilines is 1. The average Bonchev–Trinajstić information content (AvgIpc) is 2.62. The molecule has 0 amide bonds. The highest BCUT2D eigenvalue weighted by Crippen LogP contribution is 2.16. The van der Waals surface area contributed by atoms with Gasteiger partial charge in [-0.15, -0.1) is 0 Å². The second-order valence-corrected chi connectivity index (χ2v) is 7.28. The van der Waals surface area contributed by atoms with Crippen LogP contribution in [0.15, 0.2) is 48.5 Å².